The van der Waals surface area contributed by atoms with Gasteiger partial charge in [0.25, 0.3) is 0 Å². The minimum absolute atomic E-state index is 0.0691. The van der Waals surface area contributed by atoms with Crippen LogP contribution in [-0.4, -0.2) is 35.1 Å². The van der Waals surface area contributed by atoms with E-state index in [4.69, 9.17) is 0 Å². The van der Waals surface area contributed by atoms with Crippen LogP contribution in [0.4, 0.5) is 13.3 Å². The van der Waals surface area contributed by atoms with Crippen LogP contribution in [0.5, 0.6) is 5.75 Å². The van der Waals surface area contributed by atoms with Crippen LogP contribution in [0.3, 0.4) is 0 Å². The summed E-state index contributed by atoms with van der Waals surface area (Å²) in [6.07, 6.45) is 1.01. The van der Waals surface area contributed by atoms with Crippen molar-refractivity contribution in [2.24, 2.45) is 0 Å². The number of carboxylic acids is 1. The molecule has 0 bridgehead atoms. The topological polar surface area (TPSA) is 66.8 Å². The molecular formula is C16H16F3NO4. The number of halogens is 3. The Kier molecular flexibility index (Phi) is 5.16. The molecule has 0 atom stereocenters. The number of benzene rings is 1. The lowest BCUT2D eigenvalue weighted by atomic mass is 9.99. The number of nitrogens with zero attached hydrogens (tertiary/aromatic N) is 1. The van der Waals surface area contributed by atoms with Gasteiger partial charge >= 0.3 is 5.97 Å². The molecule has 0 saturated heterocycles. The summed E-state index contributed by atoms with van der Waals surface area (Å²) in [5.74, 6) is -6.08. The van der Waals surface area contributed by atoms with E-state index in [0.29, 0.717) is 12.8 Å². The first-order valence-electron chi connectivity index (χ1n) is 7.31. The summed E-state index contributed by atoms with van der Waals surface area (Å²) in [7, 11) is 1.01. The first kappa shape index (κ1) is 17.8. The number of hydrogen-bond acceptors (Lipinski definition) is 4. The molecule has 8 heteroatoms. The molecule has 0 heterocycles. The number of hydrogen-bond donors (Lipinski definition) is 1. The minimum Gasteiger partial charge on any atom is -0.491 e. The van der Waals surface area contributed by atoms with Crippen molar-refractivity contribution in [3.05, 3.63) is 40.6 Å². The van der Waals surface area contributed by atoms with E-state index in [2.05, 4.69) is 4.74 Å². The van der Waals surface area contributed by atoms with E-state index >= 15 is 0 Å². The van der Waals surface area contributed by atoms with Crippen molar-refractivity contribution in [3.63, 3.8) is 0 Å². The van der Waals surface area contributed by atoms with Gasteiger partial charge in [0.1, 0.15) is 5.57 Å². The van der Waals surface area contributed by atoms with Gasteiger partial charge in [-0.25, -0.2) is 18.7 Å². The number of methoxy groups -OCH3 is 1. The zero-order valence-corrected chi connectivity index (χ0v) is 13.1. The molecule has 0 amide bonds. The molecule has 1 aliphatic carbocycles. The van der Waals surface area contributed by atoms with E-state index in [1.165, 1.54) is 6.92 Å². The summed E-state index contributed by atoms with van der Waals surface area (Å²) in [5.41, 5.74) is -1.90. The van der Waals surface area contributed by atoms with E-state index in [1.54, 1.807) is 0 Å². The summed E-state index contributed by atoms with van der Waals surface area (Å²) in [4.78, 5) is 24.0. The summed E-state index contributed by atoms with van der Waals surface area (Å²) in [6.45, 7) is 1.49. The van der Waals surface area contributed by atoms with Gasteiger partial charge in [0.05, 0.1) is 24.4 Å². The Bertz CT molecular complexity index is 714. The lowest BCUT2D eigenvalue weighted by Gasteiger charge is -2.18. The van der Waals surface area contributed by atoms with Crippen molar-refractivity contribution in [3.8, 4) is 5.75 Å². The summed E-state index contributed by atoms with van der Waals surface area (Å²) in [5, 5.41) is 9.58. The van der Waals surface area contributed by atoms with E-state index < -0.39 is 46.3 Å². The Hall–Kier alpha value is -2.51. The molecule has 1 fully saturated rings. The first-order valence-corrected chi connectivity index (χ1v) is 7.31. The fraction of sp³-hybridized carbons (Fsp3) is 0.375. The zero-order valence-electron chi connectivity index (χ0n) is 13.1. The molecule has 5 nitrogen and oxygen atoms in total. The molecule has 1 saturated carbocycles. The van der Waals surface area contributed by atoms with E-state index in [-0.39, 0.29) is 17.2 Å². The van der Waals surface area contributed by atoms with Crippen LogP contribution >= 0.6 is 0 Å². The molecule has 0 aliphatic heterocycles. The van der Waals surface area contributed by atoms with Crippen LogP contribution in [-0.2, 0) is 4.79 Å². The van der Waals surface area contributed by atoms with Crippen molar-refractivity contribution in [2.45, 2.75) is 32.2 Å². The zero-order chi connectivity index (χ0) is 18.0. The van der Waals surface area contributed by atoms with Crippen molar-refractivity contribution in [2.75, 3.05) is 7.11 Å². The van der Waals surface area contributed by atoms with Gasteiger partial charge in [-0.15, -0.1) is 0 Å². The third-order valence-corrected chi connectivity index (χ3v) is 3.69. The molecule has 24 heavy (non-hydrogen) atoms. The van der Waals surface area contributed by atoms with Crippen molar-refractivity contribution < 1.29 is 32.7 Å². The van der Waals surface area contributed by atoms with Crippen molar-refractivity contribution in [1.82, 2.24) is 5.12 Å². The van der Waals surface area contributed by atoms with Gasteiger partial charge in [0, 0.05) is 0 Å². The second kappa shape index (κ2) is 6.94. The third-order valence-electron chi connectivity index (χ3n) is 3.69. The molecule has 0 radical (unpaired) electrons. The van der Waals surface area contributed by atoms with Gasteiger partial charge in [0.2, 0.25) is 5.78 Å². The summed E-state index contributed by atoms with van der Waals surface area (Å²) >= 11 is 0. The van der Waals surface area contributed by atoms with Gasteiger partial charge < -0.3 is 9.84 Å². The second-order valence-corrected chi connectivity index (χ2v) is 5.29. The van der Waals surface area contributed by atoms with E-state index in [1.807, 2.05) is 0 Å². The van der Waals surface area contributed by atoms with Crippen LogP contribution in [0.2, 0.25) is 0 Å². The van der Waals surface area contributed by atoms with Crippen LogP contribution in [0.1, 0.15) is 36.5 Å². The first-order chi connectivity index (χ1) is 11.3. The smallest absolute Gasteiger partial charge is 0.341 e. The van der Waals surface area contributed by atoms with Gasteiger partial charge in [0.15, 0.2) is 17.4 Å². The number of carbonyl (C=O) groups excluding carboxylic acids is 1. The summed E-state index contributed by atoms with van der Waals surface area (Å²) < 4.78 is 46.5. The Balaban J connectivity index is 2.56. The molecule has 0 aromatic heterocycles. The number of ether oxygens (including phenoxy) is 1. The maximum absolute atomic E-state index is 14.2. The molecular weight excluding hydrogens is 327 g/mol. The Morgan fingerprint density at radius 2 is 1.96 bits per heavy atom. The molecule has 0 spiro atoms. The number of rotatable bonds is 7. The Morgan fingerprint density at radius 3 is 2.42 bits per heavy atom. The molecule has 1 aromatic rings. The molecule has 1 N–H and O–H groups in total. The lowest BCUT2D eigenvalue weighted by molar-refractivity contribution is -0.132. The standard InChI is InChI=1S/C16H16F3NO4/c1-3-11(20(19)8-4-5-8)12(16(22)23)14(21)9-6-7-10(17)15(24-2)13(9)18/h6-8H,3-5H2,1-2H3,(H,22,23)/b12-11-. The molecule has 1 aromatic carbocycles. The number of carboxylic acid groups (broad SMARTS) is 1. The normalized spacial score (nSPS) is 14.9. The predicted molar refractivity (Wildman–Crippen MR) is 78.2 cm³/mol. The van der Waals surface area contributed by atoms with Crippen molar-refractivity contribution >= 4 is 11.8 Å². The van der Waals surface area contributed by atoms with Gasteiger partial charge in [-0.05, 0) is 31.4 Å². The summed E-state index contributed by atoms with van der Waals surface area (Å²) in [6, 6.07) is 1.12. The number of allylic oxidation sites excluding steroid dienone is 1. The Labute approximate surface area is 136 Å². The Morgan fingerprint density at radius 1 is 1.33 bits per heavy atom. The van der Waals surface area contributed by atoms with E-state index in [9.17, 15) is 28.0 Å². The van der Waals surface area contributed by atoms with Crippen LogP contribution in [0.15, 0.2) is 23.4 Å². The van der Waals surface area contributed by atoms with Gasteiger partial charge in [-0.2, -0.15) is 0 Å². The largest absolute Gasteiger partial charge is 0.491 e. The van der Waals surface area contributed by atoms with Gasteiger partial charge in [-0.3, -0.25) is 4.79 Å². The van der Waals surface area contributed by atoms with Crippen LogP contribution in [0.25, 0.3) is 0 Å². The SMILES string of the molecule is CC/C(=C(/C(=O)O)C(=O)c1ccc(F)c(OC)c1F)N(F)C1CC1. The number of Topliss-reactive ketones (excluding diaryl/α,β-unsaturated/α-hetero) is 1. The highest BCUT2D eigenvalue weighted by Crippen LogP contribution is 2.34. The highest BCUT2D eigenvalue weighted by Gasteiger charge is 2.36. The monoisotopic (exact) mass is 343 g/mol. The fourth-order valence-electron chi connectivity index (χ4n) is 2.34. The number of ketones is 1. The maximum atomic E-state index is 14.2. The quantitative estimate of drug-likeness (QED) is 0.271. The maximum Gasteiger partial charge on any atom is 0.341 e. The average molecular weight is 343 g/mol. The van der Waals surface area contributed by atoms with Crippen LogP contribution in [0, 0.1) is 11.6 Å². The molecule has 0 unspecified atom stereocenters. The third kappa shape index (κ3) is 3.22. The molecule has 2 rings (SSSR count). The average Bonchev–Trinajstić information content (AvgIpc) is 3.36. The fourth-order valence-corrected chi connectivity index (χ4v) is 2.34. The predicted octanol–water partition coefficient (Wildman–Crippen LogP) is 3.25. The number of carbonyl (C=O) groups is 2. The highest BCUT2D eigenvalue weighted by atomic mass is 19.2. The van der Waals surface area contributed by atoms with Crippen LogP contribution < -0.4 is 4.74 Å². The molecule has 1 aliphatic rings. The van der Waals surface area contributed by atoms with Crippen molar-refractivity contribution in [1.29, 1.82) is 0 Å². The lowest BCUT2D eigenvalue weighted by Crippen LogP contribution is -2.24. The second-order valence-electron chi connectivity index (χ2n) is 5.29. The number of aliphatic carboxylic acids is 1. The molecule has 130 valence electrons. The highest BCUT2D eigenvalue weighted by molar-refractivity contribution is 6.24. The van der Waals surface area contributed by atoms with Gasteiger partial charge in [-0.1, -0.05) is 11.4 Å². The van der Waals surface area contributed by atoms with E-state index in [0.717, 1.165) is 19.2 Å². The minimum atomic E-state index is -1.68.